The van der Waals surface area contributed by atoms with Gasteiger partial charge >= 0.3 is 0 Å². The topological polar surface area (TPSA) is 64.9 Å². The molecule has 0 spiro atoms. The number of anilines is 1. The summed E-state index contributed by atoms with van der Waals surface area (Å²) in [5, 5.41) is 6.08. The van der Waals surface area contributed by atoms with Crippen molar-refractivity contribution in [2.75, 3.05) is 5.73 Å². The Balaban J connectivity index is 2.01. The van der Waals surface area contributed by atoms with E-state index < -0.39 is 11.6 Å². The number of hydrogen-bond acceptors (Lipinski definition) is 5. The van der Waals surface area contributed by atoms with Crippen molar-refractivity contribution in [1.29, 1.82) is 0 Å². The summed E-state index contributed by atoms with van der Waals surface area (Å²) in [4.78, 5) is 4.11. The first-order valence-electron chi connectivity index (χ1n) is 5.27. The molecule has 7 heteroatoms. The molecule has 2 aromatic heterocycles. The molecule has 0 unspecified atom stereocenters. The van der Waals surface area contributed by atoms with Crippen molar-refractivity contribution >= 4 is 16.3 Å². The van der Waals surface area contributed by atoms with E-state index in [1.54, 1.807) is 11.4 Å². The highest BCUT2D eigenvalue weighted by Crippen LogP contribution is 2.30. The highest BCUT2D eigenvalue weighted by Gasteiger charge is 2.14. The molecule has 0 saturated heterocycles. The van der Waals surface area contributed by atoms with Gasteiger partial charge in [0.2, 0.25) is 5.82 Å². The Morgan fingerprint density at radius 2 is 2.00 bits per heavy atom. The summed E-state index contributed by atoms with van der Waals surface area (Å²) in [6.07, 6.45) is 0. The first kappa shape index (κ1) is 11.8. The molecule has 4 nitrogen and oxygen atoms in total. The normalized spacial score (nSPS) is 10.8. The summed E-state index contributed by atoms with van der Waals surface area (Å²) < 4.78 is 31.0. The van der Waals surface area contributed by atoms with Crippen molar-refractivity contribution in [3.05, 3.63) is 41.3 Å². The SMILES string of the molecule is Nc1sccc1-c1nc(-c2ccc(F)c(F)c2)no1. The van der Waals surface area contributed by atoms with Crippen LogP contribution in [0.2, 0.25) is 0 Å². The zero-order valence-corrected chi connectivity index (χ0v) is 10.2. The first-order chi connectivity index (χ1) is 9.15. The van der Waals surface area contributed by atoms with Crippen molar-refractivity contribution in [2.45, 2.75) is 0 Å². The Morgan fingerprint density at radius 3 is 2.68 bits per heavy atom. The van der Waals surface area contributed by atoms with Gasteiger partial charge in [0.05, 0.1) is 10.6 Å². The standard InChI is InChI=1S/C12H7F2N3OS/c13-8-2-1-6(5-9(8)14)11-16-12(18-17-11)7-3-4-19-10(7)15/h1-5H,15H2. The van der Waals surface area contributed by atoms with Gasteiger partial charge in [0.25, 0.3) is 5.89 Å². The van der Waals surface area contributed by atoms with Crippen molar-refractivity contribution < 1.29 is 13.3 Å². The molecule has 0 amide bonds. The fourth-order valence-corrected chi connectivity index (χ4v) is 2.22. The van der Waals surface area contributed by atoms with E-state index in [1.807, 2.05) is 0 Å². The molecule has 0 aliphatic rings. The predicted molar refractivity (Wildman–Crippen MR) is 67.4 cm³/mol. The first-order valence-corrected chi connectivity index (χ1v) is 6.15. The Kier molecular flexibility index (Phi) is 2.75. The second-order valence-electron chi connectivity index (χ2n) is 3.75. The lowest BCUT2D eigenvalue weighted by atomic mass is 10.2. The Labute approximate surface area is 110 Å². The van der Waals surface area contributed by atoms with Gasteiger partial charge in [0.15, 0.2) is 11.6 Å². The van der Waals surface area contributed by atoms with Crippen molar-refractivity contribution in [3.63, 3.8) is 0 Å². The minimum Gasteiger partial charge on any atom is -0.390 e. The number of hydrogen-bond donors (Lipinski definition) is 1. The van der Waals surface area contributed by atoms with Crippen LogP contribution in [0, 0.1) is 11.6 Å². The maximum absolute atomic E-state index is 13.1. The lowest BCUT2D eigenvalue weighted by Gasteiger charge is -1.95. The summed E-state index contributed by atoms with van der Waals surface area (Å²) in [5.74, 6) is -1.45. The van der Waals surface area contributed by atoms with Gasteiger partial charge in [0, 0.05) is 5.56 Å². The van der Waals surface area contributed by atoms with Gasteiger partial charge < -0.3 is 10.3 Å². The minimum atomic E-state index is -0.959. The molecule has 3 rings (SSSR count). The number of thiophene rings is 1. The Hall–Kier alpha value is -2.28. The molecule has 0 aliphatic heterocycles. The number of benzene rings is 1. The van der Waals surface area contributed by atoms with Crippen LogP contribution in [0.1, 0.15) is 0 Å². The molecular weight excluding hydrogens is 272 g/mol. The number of rotatable bonds is 2. The third kappa shape index (κ3) is 2.08. The largest absolute Gasteiger partial charge is 0.390 e. The molecule has 19 heavy (non-hydrogen) atoms. The fourth-order valence-electron chi connectivity index (χ4n) is 1.58. The lowest BCUT2D eigenvalue weighted by molar-refractivity contribution is 0.432. The van der Waals surface area contributed by atoms with Crippen LogP contribution < -0.4 is 5.73 Å². The maximum atomic E-state index is 13.1. The van der Waals surface area contributed by atoms with Crippen LogP contribution in [0.15, 0.2) is 34.2 Å². The molecule has 0 atom stereocenters. The van der Waals surface area contributed by atoms with Crippen LogP contribution in [0.5, 0.6) is 0 Å². The monoisotopic (exact) mass is 279 g/mol. The van der Waals surface area contributed by atoms with Crippen LogP contribution in [0.25, 0.3) is 22.8 Å². The Morgan fingerprint density at radius 1 is 1.16 bits per heavy atom. The maximum Gasteiger partial charge on any atom is 0.261 e. The van der Waals surface area contributed by atoms with Gasteiger partial charge in [-0.05, 0) is 29.6 Å². The Bertz CT molecular complexity index is 738. The second-order valence-corrected chi connectivity index (χ2v) is 4.70. The highest BCUT2D eigenvalue weighted by molar-refractivity contribution is 7.14. The summed E-state index contributed by atoms with van der Waals surface area (Å²) in [6, 6.07) is 5.16. The molecule has 0 saturated carbocycles. The lowest BCUT2D eigenvalue weighted by Crippen LogP contribution is -1.87. The molecule has 1 aromatic carbocycles. The quantitative estimate of drug-likeness (QED) is 0.781. The van der Waals surface area contributed by atoms with Gasteiger partial charge in [-0.2, -0.15) is 4.98 Å². The highest BCUT2D eigenvalue weighted by atomic mass is 32.1. The van der Waals surface area contributed by atoms with E-state index in [9.17, 15) is 8.78 Å². The molecule has 2 N–H and O–H groups in total. The number of nitrogens with two attached hydrogens (primary N) is 1. The van der Waals surface area contributed by atoms with Crippen molar-refractivity contribution in [2.24, 2.45) is 0 Å². The molecular formula is C12H7F2N3OS. The third-order valence-electron chi connectivity index (χ3n) is 2.53. The number of nitrogen functional groups attached to an aromatic ring is 1. The van der Waals surface area contributed by atoms with Crippen molar-refractivity contribution in [1.82, 2.24) is 10.1 Å². The van der Waals surface area contributed by atoms with Crippen LogP contribution in [-0.4, -0.2) is 10.1 Å². The number of nitrogens with zero attached hydrogens (tertiary/aromatic N) is 2. The fraction of sp³-hybridized carbons (Fsp3) is 0. The van der Waals surface area contributed by atoms with Gasteiger partial charge in [-0.15, -0.1) is 11.3 Å². The molecule has 0 fully saturated rings. The predicted octanol–water partition coefficient (Wildman–Crippen LogP) is 3.33. The summed E-state index contributed by atoms with van der Waals surface area (Å²) >= 11 is 1.35. The van der Waals surface area contributed by atoms with E-state index in [0.717, 1.165) is 12.1 Å². The van der Waals surface area contributed by atoms with Crippen LogP contribution in [0.3, 0.4) is 0 Å². The number of halogens is 2. The van der Waals surface area contributed by atoms with E-state index in [-0.39, 0.29) is 11.7 Å². The van der Waals surface area contributed by atoms with Gasteiger partial charge in [0.1, 0.15) is 0 Å². The molecule has 3 aromatic rings. The summed E-state index contributed by atoms with van der Waals surface area (Å²) in [5.41, 5.74) is 6.71. The third-order valence-corrected chi connectivity index (χ3v) is 3.28. The van der Waals surface area contributed by atoms with E-state index in [4.69, 9.17) is 10.3 Å². The molecule has 96 valence electrons. The molecule has 0 bridgehead atoms. The van der Waals surface area contributed by atoms with E-state index in [0.29, 0.717) is 16.1 Å². The zero-order valence-electron chi connectivity index (χ0n) is 9.43. The smallest absolute Gasteiger partial charge is 0.261 e. The average molecular weight is 279 g/mol. The van der Waals surface area contributed by atoms with E-state index in [2.05, 4.69) is 10.1 Å². The van der Waals surface area contributed by atoms with E-state index in [1.165, 1.54) is 17.4 Å². The minimum absolute atomic E-state index is 0.180. The molecule has 0 aliphatic carbocycles. The van der Waals surface area contributed by atoms with Crippen LogP contribution in [0.4, 0.5) is 13.8 Å². The zero-order chi connectivity index (χ0) is 13.4. The second kappa shape index (κ2) is 4.43. The number of aromatic nitrogens is 2. The van der Waals surface area contributed by atoms with Crippen molar-refractivity contribution in [3.8, 4) is 22.8 Å². The van der Waals surface area contributed by atoms with Gasteiger partial charge in [-0.25, -0.2) is 8.78 Å². The van der Waals surface area contributed by atoms with E-state index >= 15 is 0 Å². The average Bonchev–Trinajstić information content (AvgIpc) is 3.01. The van der Waals surface area contributed by atoms with Crippen LogP contribution >= 0.6 is 11.3 Å². The molecule has 0 radical (unpaired) electrons. The molecule has 2 heterocycles. The van der Waals surface area contributed by atoms with Gasteiger partial charge in [-0.1, -0.05) is 5.16 Å². The summed E-state index contributed by atoms with van der Waals surface area (Å²) in [7, 11) is 0. The van der Waals surface area contributed by atoms with Gasteiger partial charge in [-0.3, -0.25) is 0 Å². The van der Waals surface area contributed by atoms with Crippen LogP contribution in [-0.2, 0) is 0 Å². The summed E-state index contributed by atoms with van der Waals surface area (Å²) in [6.45, 7) is 0.